The number of halogens is 1. The summed E-state index contributed by atoms with van der Waals surface area (Å²) < 4.78 is 13.8. The topological polar surface area (TPSA) is 32.3 Å². The second-order valence-electron chi connectivity index (χ2n) is 5.53. The van der Waals surface area contributed by atoms with Crippen LogP contribution in [-0.2, 0) is 4.79 Å². The SMILES string of the molecule is Cc1ccc(NCC(=O)N(c2ccccc2)C(C)C)c(F)c1. The molecule has 0 aliphatic carbocycles. The maximum Gasteiger partial charge on any atom is 0.246 e. The molecule has 116 valence electrons. The minimum atomic E-state index is -0.344. The van der Waals surface area contributed by atoms with Crippen LogP contribution in [0.3, 0.4) is 0 Å². The molecular formula is C18H21FN2O. The van der Waals surface area contributed by atoms with Crippen molar-refractivity contribution in [1.82, 2.24) is 0 Å². The summed E-state index contributed by atoms with van der Waals surface area (Å²) in [4.78, 5) is 14.2. The zero-order valence-corrected chi connectivity index (χ0v) is 13.1. The molecule has 0 aromatic heterocycles. The van der Waals surface area contributed by atoms with Crippen molar-refractivity contribution >= 4 is 17.3 Å². The second kappa shape index (κ2) is 7.07. The third-order valence-electron chi connectivity index (χ3n) is 3.37. The number of nitrogens with zero attached hydrogens (tertiary/aromatic N) is 1. The summed E-state index contributed by atoms with van der Waals surface area (Å²) in [6.45, 7) is 5.79. The molecule has 0 heterocycles. The zero-order chi connectivity index (χ0) is 16.1. The molecule has 22 heavy (non-hydrogen) atoms. The highest BCUT2D eigenvalue weighted by Crippen LogP contribution is 2.18. The Kier molecular flexibility index (Phi) is 5.15. The number of aryl methyl sites for hydroxylation is 1. The first-order valence-corrected chi connectivity index (χ1v) is 7.36. The minimum absolute atomic E-state index is 0.0274. The average molecular weight is 300 g/mol. The number of carbonyl (C=O) groups is 1. The molecule has 2 aromatic carbocycles. The number of benzene rings is 2. The molecule has 0 saturated carbocycles. The van der Waals surface area contributed by atoms with Gasteiger partial charge >= 0.3 is 0 Å². The Hall–Kier alpha value is -2.36. The summed E-state index contributed by atoms with van der Waals surface area (Å²) in [5.41, 5.74) is 2.03. The molecule has 0 saturated heterocycles. The highest BCUT2D eigenvalue weighted by Gasteiger charge is 2.18. The molecule has 0 radical (unpaired) electrons. The molecule has 0 aliphatic rings. The maximum atomic E-state index is 13.8. The van der Waals surface area contributed by atoms with Crippen LogP contribution < -0.4 is 10.2 Å². The number of para-hydroxylation sites is 1. The van der Waals surface area contributed by atoms with E-state index in [9.17, 15) is 9.18 Å². The highest BCUT2D eigenvalue weighted by atomic mass is 19.1. The fourth-order valence-corrected chi connectivity index (χ4v) is 2.34. The number of hydrogen-bond acceptors (Lipinski definition) is 2. The molecule has 1 amide bonds. The Morgan fingerprint density at radius 2 is 1.86 bits per heavy atom. The van der Waals surface area contributed by atoms with Crippen LogP contribution in [-0.4, -0.2) is 18.5 Å². The molecule has 0 fully saturated rings. The van der Waals surface area contributed by atoms with E-state index in [4.69, 9.17) is 0 Å². The van der Waals surface area contributed by atoms with Crippen LogP contribution in [0, 0.1) is 12.7 Å². The summed E-state index contributed by atoms with van der Waals surface area (Å²) in [5, 5.41) is 2.88. The lowest BCUT2D eigenvalue weighted by atomic mass is 10.2. The van der Waals surface area contributed by atoms with E-state index < -0.39 is 0 Å². The van der Waals surface area contributed by atoms with Gasteiger partial charge in [0.1, 0.15) is 5.82 Å². The first-order chi connectivity index (χ1) is 10.5. The summed E-state index contributed by atoms with van der Waals surface area (Å²) in [7, 11) is 0. The molecule has 2 rings (SSSR count). The van der Waals surface area contributed by atoms with Gasteiger partial charge in [-0.2, -0.15) is 0 Å². The Labute approximate surface area is 130 Å². The van der Waals surface area contributed by atoms with Gasteiger partial charge in [-0.15, -0.1) is 0 Å². The lowest BCUT2D eigenvalue weighted by Crippen LogP contribution is -2.40. The van der Waals surface area contributed by atoms with Crippen molar-refractivity contribution in [2.75, 3.05) is 16.8 Å². The van der Waals surface area contributed by atoms with Crippen LogP contribution >= 0.6 is 0 Å². The molecule has 0 spiro atoms. The molecule has 0 unspecified atom stereocenters. The van der Waals surface area contributed by atoms with Crippen molar-refractivity contribution < 1.29 is 9.18 Å². The van der Waals surface area contributed by atoms with Gasteiger partial charge in [0.15, 0.2) is 0 Å². The quantitative estimate of drug-likeness (QED) is 0.905. The normalized spacial score (nSPS) is 10.6. The lowest BCUT2D eigenvalue weighted by Gasteiger charge is -2.27. The van der Waals surface area contributed by atoms with Gasteiger partial charge in [0.2, 0.25) is 5.91 Å². The summed E-state index contributed by atoms with van der Waals surface area (Å²) in [6.07, 6.45) is 0. The third kappa shape index (κ3) is 3.85. The molecule has 4 heteroatoms. The van der Waals surface area contributed by atoms with E-state index in [0.29, 0.717) is 5.69 Å². The van der Waals surface area contributed by atoms with Crippen LogP contribution in [0.25, 0.3) is 0 Å². The van der Waals surface area contributed by atoms with E-state index >= 15 is 0 Å². The van der Waals surface area contributed by atoms with E-state index in [1.165, 1.54) is 6.07 Å². The number of carbonyl (C=O) groups excluding carboxylic acids is 1. The minimum Gasteiger partial charge on any atom is -0.374 e. The lowest BCUT2D eigenvalue weighted by molar-refractivity contribution is -0.117. The Bertz CT molecular complexity index is 641. The molecule has 0 bridgehead atoms. The van der Waals surface area contributed by atoms with Crippen molar-refractivity contribution in [2.24, 2.45) is 0 Å². The van der Waals surface area contributed by atoms with Crippen molar-refractivity contribution in [1.29, 1.82) is 0 Å². The monoisotopic (exact) mass is 300 g/mol. The van der Waals surface area contributed by atoms with Crippen molar-refractivity contribution in [2.45, 2.75) is 26.8 Å². The molecule has 0 aliphatic heterocycles. The van der Waals surface area contributed by atoms with Crippen molar-refractivity contribution in [3.63, 3.8) is 0 Å². The Balaban J connectivity index is 2.09. The first kappa shape index (κ1) is 16.0. The van der Waals surface area contributed by atoms with Gasteiger partial charge in [-0.3, -0.25) is 4.79 Å². The molecule has 0 atom stereocenters. The van der Waals surface area contributed by atoms with E-state index in [1.807, 2.05) is 57.2 Å². The van der Waals surface area contributed by atoms with Gasteiger partial charge in [0, 0.05) is 11.7 Å². The predicted octanol–water partition coefficient (Wildman–Crippen LogP) is 3.99. The number of hydrogen-bond donors (Lipinski definition) is 1. The van der Waals surface area contributed by atoms with Gasteiger partial charge in [-0.25, -0.2) is 4.39 Å². The highest BCUT2D eigenvalue weighted by molar-refractivity contribution is 5.96. The number of rotatable bonds is 5. The third-order valence-corrected chi connectivity index (χ3v) is 3.37. The Morgan fingerprint density at radius 1 is 1.18 bits per heavy atom. The second-order valence-corrected chi connectivity index (χ2v) is 5.53. The molecule has 3 nitrogen and oxygen atoms in total. The fraction of sp³-hybridized carbons (Fsp3) is 0.278. The molecule has 2 aromatic rings. The summed E-state index contributed by atoms with van der Waals surface area (Å²) in [6, 6.07) is 14.4. The van der Waals surface area contributed by atoms with Gasteiger partial charge in [-0.05, 0) is 50.6 Å². The van der Waals surface area contributed by atoms with Gasteiger partial charge in [-0.1, -0.05) is 24.3 Å². The van der Waals surface area contributed by atoms with E-state index in [1.54, 1.807) is 11.0 Å². The number of nitrogens with one attached hydrogen (secondary N) is 1. The van der Waals surface area contributed by atoms with E-state index in [2.05, 4.69) is 5.32 Å². The molecule has 1 N–H and O–H groups in total. The smallest absolute Gasteiger partial charge is 0.246 e. The average Bonchev–Trinajstić information content (AvgIpc) is 2.47. The van der Waals surface area contributed by atoms with Gasteiger partial charge in [0.25, 0.3) is 0 Å². The van der Waals surface area contributed by atoms with E-state index in [-0.39, 0.29) is 24.3 Å². The van der Waals surface area contributed by atoms with Crippen LogP contribution in [0.5, 0.6) is 0 Å². The fourth-order valence-electron chi connectivity index (χ4n) is 2.34. The van der Waals surface area contributed by atoms with Crippen molar-refractivity contribution in [3.05, 3.63) is 59.9 Å². The van der Waals surface area contributed by atoms with Crippen LogP contribution in [0.1, 0.15) is 19.4 Å². The van der Waals surface area contributed by atoms with Gasteiger partial charge in [0.05, 0.1) is 12.2 Å². The standard InChI is InChI=1S/C18H21FN2O/c1-13(2)21(15-7-5-4-6-8-15)18(22)12-20-17-10-9-14(3)11-16(17)19/h4-11,13,20H,12H2,1-3H3. The van der Waals surface area contributed by atoms with Crippen molar-refractivity contribution in [3.8, 4) is 0 Å². The zero-order valence-electron chi connectivity index (χ0n) is 13.1. The van der Waals surface area contributed by atoms with E-state index in [0.717, 1.165) is 11.3 Å². The summed E-state index contributed by atoms with van der Waals surface area (Å²) >= 11 is 0. The summed E-state index contributed by atoms with van der Waals surface area (Å²) in [5.74, 6) is -0.440. The predicted molar refractivity (Wildman–Crippen MR) is 88.7 cm³/mol. The number of amides is 1. The van der Waals surface area contributed by atoms with Crippen LogP contribution in [0.4, 0.5) is 15.8 Å². The maximum absolute atomic E-state index is 13.8. The molecular weight excluding hydrogens is 279 g/mol. The van der Waals surface area contributed by atoms with Crippen LogP contribution in [0.2, 0.25) is 0 Å². The number of anilines is 2. The van der Waals surface area contributed by atoms with Gasteiger partial charge < -0.3 is 10.2 Å². The Morgan fingerprint density at radius 3 is 2.45 bits per heavy atom. The van der Waals surface area contributed by atoms with Crippen LogP contribution in [0.15, 0.2) is 48.5 Å². The largest absolute Gasteiger partial charge is 0.374 e. The first-order valence-electron chi connectivity index (χ1n) is 7.36.